The van der Waals surface area contributed by atoms with Gasteiger partial charge in [-0.25, -0.2) is 8.78 Å². The van der Waals surface area contributed by atoms with E-state index in [4.69, 9.17) is 9.47 Å². The number of piperazine rings is 1. The zero-order valence-electron chi connectivity index (χ0n) is 11.8. The van der Waals surface area contributed by atoms with Crippen molar-refractivity contribution in [3.63, 3.8) is 0 Å². The van der Waals surface area contributed by atoms with E-state index in [-0.39, 0.29) is 30.2 Å². The molecule has 1 aromatic carbocycles. The molecule has 2 heterocycles. The molecule has 0 spiro atoms. The van der Waals surface area contributed by atoms with Crippen molar-refractivity contribution in [2.24, 2.45) is 0 Å². The third kappa shape index (κ3) is 3.07. The molecule has 0 bridgehead atoms. The predicted molar refractivity (Wildman–Crippen MR) is 78.5 cm³/mol. The van der Waals surface area contributed by atoms with Crippen molar-refractivity contribution >= 4 is 18.1 Å². The van der Waals surface area contributed by atoms with Crippen LogP contribution in [0.1, 0.15) is 6.42 Å². The van der Waals surface area contributed by atoms with Crippen LogP contribution in [0.25, 0.3) is 0 Å². The van der Waals surface area contributed by atoms with E-state index in [1.54, 1.807) is 7.11 Å². The van der Waals surface area contributed by atoms with E-state index in [9.17, 15) is 8.78 Å². The molecular weight excluding hydrogens is 302 g/mol. The number of ether oxygens (including phenoxy) is 2. The van der Waals surface area contributed by atoms with Crippen LogP contribution in [0.3, 0.4) is 0 Å². The highest BCUT2D eigenvalue weighted by Crippen LogP contribution is 2.38. The number of anilines is 1. The molecule has 0 aromatic heterocycles. The summed E-state index contributed by atoms with van der Waals surface area (Å²) >= 11 is 0. The van der Waals surface area contributed by atoms with Crippen LogP contribution in [0.4, 0.5) is 14.5 Å². The van der Waals surface area contributed by atoms with Crippen molar-refractivity contribution in [3.8, 4) is 5.75 Å². The lowest BCUT2D eigenvalue weighted by atomic mass is 10.1. The minimum atomic E-state index is -0.838. The SMILES string of the molecule is COC[C@@H]1C[C@@H]2CNCCN2c2c(ccc(F)c2F)O1.Cl. The standard InChI is InChI=1S/C14H18F2N2O2.ClH/c1-19-8-10-6-9-7-17-4-5-18(9)14-12(20-10)3-2-11(15)13(14)16;/h2-3,9-10,17H,4-8H2,1H3;1H/t9-,10+;/m1./s1. The second-order valence-corrected chi connectivity index (χ2v) is 5.19. The lowest BCUT2D eigenvalue weighted by Crippen LogP contribution is -2.52. The van der Waals surface area contributed by atoms with E-state index < -0.39 is 11.6 Å². The van der Waals surface area contributed by atoms with Gasteiger partial charge < -0.3 is 19.7 Å². The zero-order chi connectivity index (χ0) is 14.1. The molecular formula is C14H19ClF2N2O2. The zero-order valence-corrected chi connectivity index (χ0v) is 12.6. The molecule has 118 valence electrons. The smallest absolute Gasteiger partial charge is 0.185 e. The van der Waals surface area contributed by atoms with Crippen molar-refractivity contribution in [2.45, 2.75) is 18.6 Å². The predicted octanol–water partition coefficient (Wildman–Crippen LogP) is 1.96. The summed E-state index contributed by atoms with van der Waals surface area (Å²) < 4.78 is 38.7. The highest BCUT2D eigenvalue weighted by Gasteiger charge is 2.34. The summed E-state index contributed by atoms with van der Waals surface area (Å²) in [5.41, 5.74) is 0.245. The van der Waals surface area contributed by atoms with Gasteiger partial charge in [0.25, 0.3) is 0 Å². The van der Waals surface area contributed by atoms with E-state index >= 15 is 0 Å². The Bertz CT molecular complexity index is 504. The second kappa shape index (κ2) is 6.77. The Labute approximate surface area is 128 Å². The Balaban J connectivity index is 0.00000161. The van der Waals surface area contributed by atoms with Gasteiger partial charge in [-0.05, 0) is 12.1 Å². The third-order valence-corrected chi connectivity index (χ3v) is 3.85. The van der Waals surface area contributed by atoms with Gasteiger partial charge in [0.2, 0.25) is 0 Å². The van der Waals surface area contributed by atoms with E-state index in [2.05, 4.69) is 5.32 Å². The number of hydrogen-bond donors (Lipinski definition) is 1. The lowest BCUT2D eigenvalue weighted by molar-refractivity contribution is 0.0744. The Hall–Kier alpha value is -1.11. The van der Waals surface area contributed by atoms with Gasteiger partial charge in [-0.1, -0.05) is 0 Å². The van der Waals surface area contributed by atoms with Crippen LogP contribution in [0.2, 0.25) is 0 Å². The molecule has 0 radical (unpaired) electrons. The highest BCUT2D eigenvalue weighted by molar-refractivity contribution is 5.85. The first-order chi connectivity index (χ1) is 9.70. The fourth-order valence-corrected chi connectivity index (χ4v) is 2.97. The molecule has 1 N–H and O–H groups in total. The molecule has 0 aliphatic carbocycles. The molecule has 0 unspecified atom stereocenters. The number of hydrogen-bond acceptors (Lipinski definition) is 4. The van der Waals surface area contributed by atoms with Crippen molar-refractivity contribution in [1.82, 2.24) is 5.32 Å². The van der Waals surface area contributed by atoms with Gasteiger partial charge in [0.1, 0.15) is 17.5 Å². The van der Waals surface area contributed by atoms with Gasteiger partial charge in [-0.15, -0.1) is 12.4 Å². The molecule has 2 atom stereocenters. The van der Waals surface area contributed by atoms with E-state index in [1.165, 1.54) is 6.07 Å². The third-order valence-electron chi connectivity index (χ3n) is 3.85. The number of nitrogens with one attached hydrogen (secondary N) is 1. The first kappa shape index (κ1) is 16.3. The maximum atomic E-state index is 14.2. The van der Waals surface area contributed by atoms with Gasteiger partial charge in [0.15, 0.2) is 11.6 Å². The number of methoxy groups -OCH3 is 1. The summed E-state index contributed by atoms with van der Waals surface area (Å²) in [6.07, 6.45) is 0.565. The van der Waals surface area contributed by atoms with Crippen LogP contribution in [0.15, 0.2) is 12.1 Å². The Morgan fingerprint density at radius 3 is 3.00 bits per heavy atom. The molecule has 2 aliphatic heterocycles. The van der Waals surface area contributed by atoms with Crippen molar-refractivity contribution in [2.75, 3.05) is 38.3 Å². The molecule has 0 saturated carbocycles. The summed E-state index contributed by atoms with van der Waals surface area (Å²) in [4.78, 5) is 1.92. The summed E-state index contributed by atoms with van der Waals surface area (Å²) in [6, 6.07) is 2.70. The molecule has 21 heavy (non-hydrogen) atoms. The van der Waals surface area contributed by atoms with Crippen LogP contribution in [0.5, 0.6) is 5.75 Å². The van der Waals surface area contributed by atoms with Gasteiger partial charge in [0, 0.05) is 39.2 Å². The van der Waals surface area contributed by atoms with Crippen LogP contribution in [0, 0.1) is 11.6 Å². The summed E-state index contributed by atoms with van der Waals surface area (Å²) in [5, 5.41) is 3.29. The molecule has 2 aliphatic rings. The van der Waals surface area contributed by atoms with E-state index in [1.807, 2.05) is 4.90 Å². The minimum absolute atomic E-state index is 0. The average Bonchev–Trinajstić information content (AvgIpc) is 2.60. The molecule has 1 aromatic rings. The number of halogens is 3. The quantitative estimate of drug-likeness (QED) is 0.903. The van der Waals surface area contributed by atoms with Gasteiger partial charge in [0.05, 0.1) is 6.61 Å². The normalized spacial score (nSPS) is 24.2. The maximum Gasteiger partial charge on any atom is 0.185 e. The molecule has 0 amide bonds. The number of fused-ring (bicyclic) bond motifs is 3. The minimum Gasteiger partial charge on any atom is -0.486 e. The first-order valence-corrected chi connectivity index (χ1v) is 6.81. The molecule has 7 heteroatoms. The Morgan fingerprint density at radius 2 is 2.24 bits per heavy atom. The monoisotopic (exact) mass is 320 g/mol. The van der Waals surface area contributed by atoms with Crippen LogP contribution in [-0.2, 0) is 4.74 Å². The largest absolute Gasteiger partial charge is 0.486 e. The highest BCUT2D eigenvalue weighted by atomic mass is 35.5. The van der Waals surface area contributed by atoms with E-state index in [0.717, 1.165) is 25.6 Å². The van der Waals surface area contributed by atoms with Crippen molar-refractivity contribution in [3.05, 3.63) is 23.8 Å². The summed E-state index contributed by atoms with van der Waals surface area (Å²) in [6.45, 7) is 2.56. The van der Waals surface area contributed by atoms with Crippen LogP contribution in [-0.4, -0.2) is 45.5 Å². The van der Waals surface area contributed by atoms with Crippen molar-refractivity contribution < 1.29 is 18.3 Å². The fourth-order valence-electron chi connectivity index (χ4n) is 2.97. The molecule has 3 rings (SSSR count). The summed E-state index contributed by atoms with van der Waals surface area (Å²) in [7, 11) is 1.61. The fraction of sp³-hybridized carbons (Fsp3) is 0.571. The van der Waals surface area contributed by atoms with Gasteiger partial charge >= 0.3 is 0 Å². The lowest BCUT2D eigenvalue weighted by Gasteiger charge is -2.37. The average molecular weight is 321 g/mol. The van der Waals surface area contributed by atoms with Gasteiger partial charge in [-0.3, -0.25) is 0 Å². The maximum absolute atomic E-state index is 14.2. The Kier molecular flexibility index (Phi) is 5.24. The molecule has 1 fully saturated rings. The van der Waals surface area contributed by atoms with Crippen molar-refractivity contribution in [1.29, 1.82) is 0 Å². The Morgan fingerprint density at radius 1 is 1.43 bits per heavy atom. The van der Waals surface area contributed by atoms with Crippen LogP contribution >= 0.6 is 12.4 Å². The molecule has 1 saturated heterocycles. The van der Waals surface area contributed by atoms with E-state index in [0.29, 0.717) is 18.9 Å². The number of benzene rings is 1. The topological polar surface area (TPSA) is 33.7 Å². The summed E-state index contributed by atoms with van der Waals surface area (Å²) in [5.74, 6) is -1.27. The second-order valence-electron chi connectivity index (χ2n) is 5.19. The van der Waals surface area contributed by atoms with Gasteiger partial charge in [-0.2, -0.15) is 0 Å². The number of nitrogens with zero attached hydrogens (tertiary/aromatic N) is 1. The first-order valence-electron chi connectivity index (χ1n) is 6.81. The number of rotatable bonds is 2. The molecule has 4 nitrogen and oxygen atoms in total. The van der Waals surface area contributed by atoms with Crippen LogP contribution < -0.4 is 15.0 Å².